The third-order valence-electron chi connectivity index (χ3n) is 4.38. The van der Waals surface area contributed by atoms with Crippen molar-refractivity contribution in [1.29, 1.82) is 0 Å². The lowest BCUT2D eigenvalue weighted by atomic mass is 10.2. The van der Waals surface area contributed by atoms with Gasteiger partial charge in [0.25, 0.3) is 0 Å². The second-order valence-corrected chi connectivity index (χ2v) is 18.3. The molecule has 0 bridgehead atoms. The van der Waals surface area contributed by atoms with Crippen LogP contribution in [0.1, 0.15) is 20.8 Å². The molecule has 0 spiro atoms. The van der Waals surface area contributed by atoms with Crippen LogP contribution in [0.4, 0.5) is 0 Å². The van der Waals surface area contributed by atoms with E-state index in [1.165, 1.54) is 0 Å². The van der Waals surface area contributed by atoms with Gasteiger partial charge in [0.2, 0.25) is 0 Å². The van der Waals surface area contributed by atoms with Gasteiger partial charge in [-0.25, -0.2) is 0 Å². The van der Waals surface area contributed by atoms with Crippen molar-refractivity contribution in [3.05, 3.63) is 0 Å². The first kappa shape index (κ1) is 27.2. The quantitative estimate of drug-likeness (QED) is 0.260. The van der Waals surface area contributed by atoms with Gasteiger partial charge in [-0.15, -0.1) is 0 Å². The molecule has 0 aliphatic rings. The normalized spacial score (nSPS) is 13.3. The minimum Gasteiger partial charge on any atom is -0.415 e. The highest BCUT2D eigenvalue weighted by Gasteiger charge is 2.36. The SMILES string of the molecule is CC(C)(C)[Si](C)(C)OCCOCCOCCOCCOCCO[Si](C)(C)C. The Morgan fingerprint density at radius 2 is 0.778 bits per heavy atom. The third-order valence-corrected chi connectivity index (χ3v) is 9.98. The fraction of sp³-hybridized carbons (Fsp3) is 1.00. The van der Waals surface area contributed by atoms with Crippen LogP contribution < -0.4 is 0 Å². The summed E-state index contributed by atoms with van der Waals surface area (Å²) in [6.45, 7) is 23.8. The molecule has 0 aromatic heterocycles. The van der Waals surface area contributed by atoms with Gasteiger partial charge in [-0.1, -0.05) is 20.8 Å². The summed E-state index contributed by atoms with van der Waals surface area (Å²) >= 11 is 0. The molecule has 0 aromatic carbocycles. The highest BCUT2D eigenvalue weighted by atomic mass is 28.4. The van der Waals surface area contributed by atoms with Crippen molar-refractivity contribution in [2.45, 2.75) is 58.5 Å². The van der Waals surface area contributed by atoms with Gasteiger partial charge in [0, 0.05) is 0 Å². The molecular formula is C19H44O6Si2. The van der Waals surface area contributed by atoms with Crippen molar-refractivity contribution in [2.75, 3.05) is 66.1 Å². The van der Waals surface area contributed by atoms with Crippen molar-refractivity contribution >= 4 is 16.6 Å². The average molecular weight is 425 g/mol. The molecule has 0 heterocycles. The molecular weight excluding hydrogens is 380 g/mol. The van der Waals surface area contributed by atoms with Crippen LogP contribution in [0.15, 0.2) is 0 Å². The van der Waals surface area contributed by atoms with Gasteiger partial charge in [0.15, 0.2) is 16.6 Å². The van der Waals surface area contributed by atoms with E-state index in [0.29, 0.717) is 66.1 Å². The molecule has 0 atom stereocenters. The Labute approximate surface area is 169 Å². The van der Waals surface area contributed by atoms with E-state index in [2.05, 4.69) is 53.5 Å². The standard InChI is InChI=1S/C19H44O6Si2/c1-19(2,3)27(7,8)25-18-16-23-14-12-21-10-9-20-11-13-22-15-17-24-26(4,5)6/h9-18H2,1-8H3. The van der Waals surface area contributed by atoms with Gasteiger partial charge in [0.05, 0.1) is 66.1 Å². The van der Waals surface area contributed by atoms with Crippen LogP contribution >= 0.6 is 0 Å². The Balaban J connectivity index is 3.26. The molecule has 0 amide bonds. The molecule has 0 saturated heterocycles. The van der Waals surface area contributed by atoms with Crippen molar-refractivity contribution in [3.8, 4) is 0 Å². The van der Waals surface area contributed by atoms with Crippen molar-refractivity contribution < 1.29 is 27.8 Å². The van der Waals surface area contributed by atoms with Crippen LogP contribution in [0, 0.1) is 0 Å². The summed E-state index contributed by atoms with van der Waals surface area (Å²) in [6.07, 6.45) is 0. The predicted molar refractivity (Wildman–Crippen MR) is 116 cm³/mol. The number of rotatable bonds is 17. The lowest BCUT2D eigenvalue weighted by Gasteiger charge is -2.36. The van der Waals surface area contributed by atoms with Crippen LogP contribution in [0.3, 0.4) is 0 Å². The zero-order valence-corrected chi connectivity index (χ0v) is 21.0. The molecule has 27 heavy (non-hydrogen) atoms. The summed E-state index contributed by atoms with van der Waals surface area (Å²) in [6, 6.07) is 0. The number of hydrogen-bond acceptors (Lipinski definition) is 6. The van der Waals surface area contributed by atoms with Gasteiger partial charge in [-0.3, -0.25) is 0 Å². The first-order chi connectivity index (χ1) is 12.5. The van der Waals surface area contributed by atoms with Crippen LogP contribution in [-0.4, -0.2) is 82.7 Å². The van der Waals surface area contributed by atoms with Crippen molar-refractivity contribution in [3.63, 3.8) is 0 Å². The van der Waals surface area contributed by atoms with Gasteiger partial charge in [-0.05, 0) is 37.8 Å². The maximum Gasteiger partial charge on any atom is 0.192 e. The smallest absolute Gasteiger partial charge is 0.192 e. The average Bonchev–Trinajstić information content (AvgIpc) is 2.52. The van der Waals surface area contributed by atoms with Crippen molar-refractivity contribution in [1.82, 2.24) is 0 Å². The third kappa shape index (κ3) is 16.8. The Hall–Kier alpha value is 0.194. The summed E-state index contributed by atoms with van der Waals surface area (Å²) in [7, 11) is -3.08. The van der Waals surface area contributed by atoms with E-state index in [0.717, 1.165) is 0 Å². The molecule has 0 aromatic rings. The van der Waals surface area contributed by atoms with Crippen LogP contribution in [-0.2, 0) is 27.8 Å². The molecule has 8 heteroatoms. The summed E-state index contributed by atoms with van der Waals surface area (Å²) < 4.78 is 33.7. The van der Waals surface area contributed by atoms with E-state index < -0.39 is 16.6 Å². The van der Waals surface area contributed by atoms with Gasteiger partial charge in [0.1, 0.15) is 0 Å². The minimum atomic E-state index is -1.66. The molecule has 6 nitrogen and oxygen atoms in total. The fourth-order valence-corrected chi connectivity index (χ4v) is 3.46. The Morgan fingerprint density at radius 1 is 0.481 bits per heavy atom. The Bertz CT molecular complexity index is 353. The molecule has 0 unspecified atom stereocenters. The summed E-state index contributed by atoms with van der Waals surface area (Å²) in [5.74, 6) is 0. The first-order valence-electron chi connectivity index (χ1n) is 10.0. The summed E-state index contributed by atoms with van der Waals surface area (Å²) in [4.78, 5) is 0. The van der Waals surface area contributed by atoms with Crippen molar-refractivity contribution in [2.24, 2.45) is 0 Å². The monoisotopic (exact) mass is 424 g/mol. The molecule has 164 valence electrons. The second-order valence-electron chi connectivity index (χ2n) is 9.02. The van der Waals surface area contributed by atoms with E-state index >= 15 is 0 Å². The Kier molecular flexibility index (Phi) is 14.3. The lowest BCUT2D eigenvalue weighted by Crippen LogP contribution is -2.41. The van der Waals surface area contributed by atoms with Gasteiger partial charge < -0.3 is 27.8 Å². The van der Waals surface area contributed by atoms with Crippen LogP contribution in [0.2, 0.25) is 37.8 Å². The summed E-state index contributed by atoms with van der Waals surface area (Å²) in [5.41, 5.74) is 0. The van der Waals surface area contributed by atoms with E-state index in [1.807, 2.05) is 0 Å². The van der Waals surface area contributed by atoms with E-state index in [-0.39, 0.29) is 5.04 Å². The van der Waals surface area contributed by atoms with Gasteiger partial charge in [-0.2, -0.15) is 0 Å². The number of ether oxygens (including phenoxy) is 4. The molecule has 0 saturated carbocycles. The van der Waals surface area contributed by atoms with Crippen LogP contribution in [0.25, 0.3) is 0 Å². The molecule has 0 radical (unpaired) electrons. The Morgan fingerprint density at radius 3 is 1.07 bits per heavy atom. The van der Waals surface area contributed by atoms with E-state index in [4.69, 9.17) is 27.8 Å². The topological polar surface area (TPSA) is 55.4 Å². The zero-order valence-electron chi connectivity index (χ0n) is 19.0. The van der Waals surface area contributed by atoms with E-state index in [9.17, 15) is 0 Å². The maximum absolute atomic E-state index is 6.05. The molecule has 0 aliphatic heterocycles. The molecule has 0 fully saturated rings. The largest absolute Gasteiger partial charge is 0.415 e. The lowest BCUT2D eigenvalue weighted by molar-refractivity contribution is -0.00759. The second kappa shape index (κ2) is 14.2. The highest BCUT2D eigenvalue weighted by Crippen LogP contribution is 2.36. The summed E-state index contributed by atoms with van der Waals surface area (Å²) in [5, 5.41) is 0.239. The predicted octanol–water partition coefficient (Wildman–Crippen LogP) is 3.93. The molecule has 0 rings (SSSR count). The molecule has 0 aliphatic carbocycles. The first-order valence-corrected chi connectivity index (χ1v) is 16.4. The number of hydrogen-bond donors (Lipinski definition) is 0. The minimum absolute atomic E-state index is 0.239. The fourth-order valence-electron chi connectivity index (χ4n) is 1.74. The highest BCUT2D eigenvalue weighted by molar-refractivity contribution is 6.74. The maximum atomic E-state index is 6.05. The van der Waals surface area contributed by atoms with E-state index in [1.54, 1.807) is 0 Å². The van der Waals surface area contributed by atoms with Crippen LogP contribution in [0.5, 0.6) is 0 Å². The zero-order chi connectivity index (χ0) is 20.8. The van der Waals surface area contributed by atoms with Gasteiger partial charge >= 0.3 is 0 Å². The molecule has 0 N–H and O–H groups in total.